The van der Waals surface area contributed by atoms with E-state index in [1.54, 1.807) is 4.57 Å². The fourth-order valence-corrected chi connectivity index (χ4v) is 2.89. The number of para-hydroxylation sites is 1. The molecule has 20 heavy (non-hydrogen) atoms. The van der Waals surface area contributed by atoms with Crippen molar-refractivity contribution in [3.05, 3.63) is 36.0 Å². The summed E-state index contributed by atoms with van der Waals surface area (Å²) in [7, 11) is 0. The number of benzene rings is 1. The Morgan fingerprint density at radius 2 is 1.85 bits per heavy atom. The molecule has 0 atom stereocenters. The Kier molecular flexibility index (Phi) is 5.68. The van der Waals surface area contributed by atoms with E-state index in [2.05, 4.69) is 32.9 Å². The van der Waals surface area contributed by atoms with Crippen molar-refractivity contribution in [3.8, 4) is 0 Å². The number of nitrogens with zero attached hydrogens (tertiary/aromatic N) is 1. The summed E-state index contributed by atoms with van der Waals surface area (Å²) in [6.45, 7) is 8.36. The maximum absolute atomic E-state index is 12.9. The summed E-state index contributed by atoms with van der Waals surface area (Å²) in [6, 6.07) is 9.10. The van der Waals surface area contributed by atoms with Crippen LogP contribution in [0.5, 0.6) is 0 Å². The molecule has 0 radical (unpaired) electrons. The Labute approximate surface area is 133 Å². The van der Waals surface area contributed by atoms with Gasteiger partial charge in [-0.15, -0.1) is 5.39 Å². The zero-order valence-electron chi connectivity index (χ0n) is 13.3. The average molecular weight is 263 g/mol. The molecule has 0 saturated carbocycles. The summed E-state index contributed by atoms with van der Waals surface area (Å²) in [5.74, 6) is 0.209. The van der Waals surface area contributed by atoms with Gasteiger partial charge in [0.2, 0.25) is 5.91 Å². The molecule has 0 aliphatic rings. The first-order chi connectivity index (χ1) is 9.09. The van der Waals surface area contributed by atoms with Crippen LogP contribution in [0, 0.1) is 18.4 Å². The van der Waals surface area contributed by atoms with Crippen molar-refractivity contribution in [2.24, 2.45) is 5.41 Å². The summed E-state index contributed by atoms with van der Waals surface area (Å²) < 4.78 is 1.81. The van der Waals surface area contributed by atoms with Crippen molar-refractivity contribution in [2.45, 2.75) is 47.0 Å². The molecule has 2 nitrogen and oxygen atoms in total. The number of carbonyl (C=O) groups is 1. The van der Waals surface area contributed by atoms with Gasteiger partial charge in [-0.05, 0) is 26.2 Å². The first-order valence-corrected chi connectivity index (χ1v) is 7.12. The SMILES string of the molecule is CCC(CC)(CC)C(=O)n1cc(C)c2ccc[c-]c21.[Li+]. The number of aryl methyl sites for hydroxylation is 1. The molecule has 3 heteroatoms. The molecule has 0 spiro atoms. The monoisotopic (exact) mass is 263 g/mol. The smallest absolute Gasteiger partial charge is 0.312 e. The van der Waals surface area contributed by atoms with Crippen LogP contribution >= 0.6 is 0 Å². The molecule has 1 aromatic carbocycles. The van der Waals surface area contributed by atoms with Gasteiger partial charge in [0.15, 0.2) is 0 Å². The largest absolute Gasteiger partial charge is 1.00 e. The second-order valence-corrected chi connectivity index (χ2v) is 5.26. The van der Waals surface area contributed by atoms with E-state index in [1.165, 1.54) is 0 Å². The van der Waals surface area contributed by atoms with Gasteiger partial charge < -0.3 is 4.57 Å². The predicted molar refractivity (Wildman–Crippen MR) is 79.4 cm³/mol. The van der Waals surface area contributed by atoms with Crippen LogP contribution in [0.4, 0.5) is 0 Å². The molecule has 0 saturated heterocycles. The molecule has 0 aliphatic carbocycles. The summed E-state index contributed by atoms with van der Waals surface area (Å²) in [5, 5.41) is 1.12. The van der Waals surface area contributed by atoms with Crippen molar-refractivity contribution in [3.63, 3.8) is 0 Å². The Hall–Kier alpha value is -0.973. The molecule has 1 heterocycles. The van der Waals surface area contributed by atoms with Gasteiger partial charge in [0.1, 0.15) is 0 Å². The molecular formula is C17H22LiNO. The van der Waals surface area contributed by atoms with Crippen LogP contribution in [0.25, 0.3) is 10.9 Å². The van der Waals surface area contributed by atoms with Crippen LogP contribution in [0.2, 0.25) is 0 Å². The Balaban J connectivity index is 0.00000200. The molecule has 2 rings (SSSR count). The van der Waals surface area contributed by atoms with Gasteiger partial charge in [0.25, 0.3) is 0 Å². The van der Waals surface area contributed by atoms with E-state index in [0.29, 0.717) is 0 Å². The number of hydrogen-bond donors (Lipinski definition) is 0. The van der Waals surface area contributed by atoms with Gasteiger partial charge in [-0.2, -0.15) is 24.3 Å². The minimum Gasteiger partial charge on any atom is -0.312 e. The number of hydrogen-bond acceptors (Lipinski definition) is 1. The van der Waals surface area contributed by atoms with Crippen LogP contribution in [0.1, 0.15) is 50.4 Å². The van der Waals surface area contributed by atoms with Gasteiger partial charge in [-0.1, -0.05) is 31.9 Å². The van der Waals surface area contributed by atoms with E-state index in [9.17, 15) is 4.79 Å². The van der Waals surface area contributed by atoms with Crippen LogP contribution < -0.4 is 18.9 Å². The molecule has 0 N–H and O–H groups in total. The normalized spacial score (nSPS) is 11.4. The van der Waals surface area contributed by atoms with Crippen LogP contribution in [-0.4, -0.2) is 10.5 Å². The molecule has 0 unspecified atom stereocenters. The Morgan fingerprint density at radius 1 is 1.25 bits per heavy atom. The molecule has 2 aromatic rings. The number of rotatable bonds is 4. The number of fused-ring (bicyclic) bond motifs is 1. The van der Waals surface area contributed by atoms with Crippen molar-refractivity contribution < 1.29 is 23.7 Å². The molecule has 1 aromatic heterocycles. The zero-order valence-corrected chi connectivity index (χ0v) is 13.3. The molecule has 102 valence electrons. The third kappa shape index (κ3) is 2.60. The van der Waals surface area contributed by atoms with E-state index >= 15 is 0 Å². The summed E-state index contributed by atoms with van der Waals surface area (Å²) >= 11 is 0. The maximum Gasteiger partial charge on any atom is 1.00 e. The van der Waals surface area contributed by atoms with Crippen molar-refractivity contribution in [1.29, 1.82) is 0 Å². The number of aromatic nitrogens is 1. The average Bonchev–Trinajstić information content (AvgIpc) is 2.79. The van der Waals surface area contributed by atoms with Crippen LogP contribution in [-0.2, 0) is 0 Å². The number of carbonyl (C=O) groups excluding carboxylic acids is 1. The van der Waals surface area contributed by atoms with E-state index in [-0.39, 0.29) is 30.2 Å². The maximum atomic E-state index is 12.9. The van der Waals surface area contributed by atoms with E-state index in [0.717, 1.165) is 35.7 Å². The van der Waals surface area contributed by atoms with E-state index < -0.39 is 0 Å². The molecule has 0 bridgehead atoms. The van der Waals surface area contributed by atoms with Gasteiger partial charge in [0, 0.05) is 11.6 Å². The van der Waals surface area contributed by atoms with Gasteiger partial charge in [-0.3, -0.25) is 4.79 Å². The molecule has 0 aliphatic heterocycles. The summed E-state index contributed by atoms with van der Waals surface area (Å²) in [4.78, 5) is 12.9. The zero-order chi connectivity index (χ0) is 14.0. The first-order valence-electron chi connectivity index (χ1n) is 7.12. The molecule has 0 fully saturated rings. The summed E-state index contributed by atoms with van der Waals surface area (Å²) in [6.07, 6.45) is 4.60. The topological polar surface area (TPSA) is 22.0 Å². The fraction of sp³-hybridized carbons (Fsp3) is 0.471. The predicted octanol–water partition coefficient (Wildman–Crippen LogP) is 1.61. The van der Waals surface area contributed by atoms with Crippen LogP contribution in [0.3, 0.4) is 0 Å². The van der Waals surface area contributed by atoms with Gasteiger partial charge in [0.05, 0.1) is 0 Å². The minimum atomic E-state index is -0.248. The van der Waals surface area contributed by atoms with Crippen molar-refractivity contribution in [1.82, 2.24) is 4.57 Å². The Morgan fingerprint density at radius 3 is 2.40 bits per heavy atom. The standard InChI is InChI=1S/C17H22NO.Li/c1-5-17(6-2,7-3)16(19)18-12-13(4)14-10-8-9-11-15(14)18;/h8-10,12H,5-7H2,1-4H3;/q-1;+1. The fourth-order valence-electron chi connectivity index (χ4n) is 2.89. The minimum absolute atomic E-state index is 0. The van der Waals surface area contributed by atoms with Crippen LogP contribution in [0.15, 0.2) is 24.4 Å². The van der Waals surface area contributed by atoms with Crippen molar-refractivity contribution in [2.75, 3.05) is 0 Å². The van der Waals surface area contributed by atoms with Crippen molar-refractivity contribution >= 4 is 16.8 Å². The van der Waals surface area contributed by atoms with E-state index in [1.807, 2.05) is 25.3 Å². The van der Waals surface area contributed by atoms with Gasteiger partial charge >= 0.3 is 18.9 Å². The summed E-state index contributed by atoms with van der Waals surface area (Å²) in [5.41, 5.74) is 1.80. The molecular weight excluding hydrogens is 241 g/mol. The van der Waals surface area contributed by atoms with Gasteiger partial charge in [-0.25, -0.2) is 0 Å². The molecule has 0 amide bonds. The second-order valence-electron chi connectivity index (χ2n) is 5.26. The third-order valence-electron chi connectivity index (χ3n) is 4.53. The Bertz CT molecular complexity index is 588. The first kappa shape index (κ1) is 17.1. The quantitative estimate of drug-likeness (QED) is 0.607. The second kappa shape index (κ2) is 6.65. The van der Waals surface area contributed by atoms with E-state index in [4.69, 9.17) is 0 Å². The third-order valence-corrected chi connectivity index (χ3v) is 4.53.